The van der Waals surface area contributed by atoms with Gasteiger partial charge in [0.2, 0.25) is 11.8 Å². The molecule has 5 heteroatoms. The van der Waals surface area contributed by atoms with Gasteiger partial charge in [0, 0.05) is 24.8 Å². The molecule has 5 nitrogen and oxygen atoms in total. The monoisotopic (exact) mass is 297 g/mol. The van der Waals surface area contributed by atoms with Gasteiger partial charge in [-0.1, -0.05) is 36.4 Å². The highest BCUT2D eigenvalue weighted by molar-refractivity contribution is 5.89. The minimum atomic E-state index is -0.127. The Hall–Kier alpha value is -2.82. The topological polar surface area (TPSA) is 70.2 Å². The molecule has 0 heterocycles. The van der Waals surface area contributed by atoms with Gasteiger partial charge in [0.25, 0.3) is 0 Å². The lowest BCUT2D eigenvalue weighted by molar-refractivity contribution is -0.119. The van der Waals surface area contributed by atoms with Gasteiger partial charge < -0.3 is 16.0 Å². The van der Waals surface area contributed by atoms with Crippen molar-refractivity contribution in [2.24, 2.45) is 0 Å². The number of anilines is 2. The molecule has 114 valence electrons. The van der Waals surface area contributed by atoms with Crippen molar-refractivity contribution in [3.05, 3.63) is 60.2 Å². The summed E-state index contributed by atoms with van der Waals surface area (Å²) in [6, 6.07) is 17.0. The predicted octanol–water partition coefficient (Wildman–Crippen LogP) is 2.37. The van der Waals surface area contributed by atoms with E-state index in [-0.39, 0.29) is 18.4 Å². The van der Waals surface area contributed by atoms with Gasteiger partial charge in [-0.05, 0) is 23.8 Å². The Kier molecular flexibility index (Phi) is 5.54. The van der Waals surface area contributed by atoms with Gasteiger partial charge in [-0.3, -0.25) is 9.59 Å². The maximum Gasteiger partial charge on any atom is 0.239 e. The summed E-state index contributed by atoms with van der Waals surface area (Å²) in [5.74, 6) is -0.216. The van der Waals surface area contributed by atoms with Crippen molar-refractivity contribution in [3.8, 4) is 0 Å². The average molecular weight is 297 g/mol. The van der Waals surface area contributed by atoms with E-state index in [1.165, 1.54) is 6.92 Å². The molecule has 0 saturated carbocycles. The van der Waals surface area contributed by atoms with Gasteiger partial charge in [0.1, 0.15) is 0 Å². The van der Waals surface area contributed by atoms with Gasteiger partial charge >= 0.3 is 0 Å². The normalized spacial score (nSPS) is 9.86. The van der Waals surface area contributed by atoms with Crippen LogP contribution in [0.5, 0.6) is 0 Å². The lowest BCUT2D eigenvalue weighted by Crippen LogP contribution is -2.29. The van der Waals surface area contributed by atoms with Crippen LogP contribution in [0.25, 0.3) is 0 Å². The molecule has 0 atom stereocenters. The van der Waals surface area contributed by atoms with Crippen LogP contribution in [-0.2, 0) is 16.1 Å². The molecule has 0 saturated heterocycles. The summed E-state index contributed by atoms with van der Waals surface area (Å²) >= 11 is 0. The molecular weight excluding hydrogens is 278 g/mol. The van der Waals surface area contributed by atoms with Crippen molar-refractivity contribution in [3.63, 3.8) is 0 Å². The van der Waals surface area contributed by atoms with Crippen molar-refractivity contribution in [2.75, 3.05) is 17.2 Å². The summed E-state index contributed by atoms with van der Waals surface area (Å²) in [7, 11) is 0. The fourth-order valence-corrected chi connectivity index (χ4v) is 1.95. The van der Waals surface area contributed by atoms with Crippen molar-refractivity contribution in [1.82, 2.24) is 5.32 Å². The van der Waals surface area contributed by atoms with Crippen molar-refractivity contribution >= 4 is 23.2 Å². The van der Waals surface area contributed by atoms with Crippen LogP contribution in [0, 0.1) is 0 Å². The van der Waals surface area contributed by atoms with E-state index in [1.807, 2.05) is 42.5 Å². The summed E-state index contributed by atoms with van der Waals surface area (Å²) in [6.45, 7) is 2.14. The molecule has 0 aromatic heterocycles. The van der Waals surface area contributed by atoms with Gasteiger partial charge in [-0.25, -0.2) is 0 Å². The zero-order valence-corrected chi connectivity index (χ0v) is 12.4. The predicted molar refractivity (Wildman–Crippen MR) is 87.5 cm³/mol. The van der Waals surface area contributed by atoms with E-state index >= 15 is 0 Å². The minimum Gasteiger partial charge on any atom is -0.376 e. The van der Waals surface area contributed by atoms with E-state index < -0.39 is 0 Å². The Bertz CT molecular complexity index is 641. The van der Waals surface area contributed by atoms with Crippen LogP contribution in [-0.4, -0.2) is 18.4 Å². The fraction of sp³-hybridized carbons (Fsp3) is 0.176. The highest BCUT2D eigenvalue weighted by atomic mass is 16.2. The SMILES string of the molecule is CC(=O)Nc1cccc(NCC(=O)NCc2ccccc2)c1. The van der Waals surface area contributed by atoms with E-state index in [1.54, 1.807) is 12.1 Å². The Morgan fingerprint density at radius 2 is 1.68 bits per heavy atom. The Morgan fingerprint density at radius 3 is 2.41 bits per heavy atom. The first-order valence-corrected chi connectivity index (χ1v) is 7.05. The first kappa shape index (κ1) is 15.6. The molecule has 0 spiro atoms. The van der Waals surface area contributed by atoms with Crippen LogP contribution >= 0.6 is 0 Å². The number of hydrogen-bond acceptors (Lipinski definition) is 3. The fourth-order valence-electron chi connectivity index (χ4n) is 1.95. The summed E-state index contributed by atoms with van der Waals surface area (Å²) in [4.78, 5) is 22.8. The molecule has 2 aromatic carbocycles. The van der Waals surface area contributed by atoms with Crippen molar-refractivity contribution in [2.45, 2.75) is 13.5 Å². The lowest BCUT2D eigenvalue weighted by atomic mass is 10.2. The van der Waals surface area contributed by atoms with Crippen molar-refractivity contribution in [1.29, 1.82) is 0 Å². The second-order valence-corrected chi connectivity index (χ2v) is 4.88. The number of nitrogens with one attached hydrogen (secondary N) is 3. The molecule has 3 N–H and O–H groups in total. The number of hydrogen-bond donors (Lipinski definition) is 3. The zero-order chi connectivity index (χ0) is 15.8. The summed E-state index contributed by atoms with van der Waals surface area (Å²) in [5.41, 5.74) is 2.53. The van der Waals surface area contributed by atoms with E-state index in [4.69, 9.17) is 0 Å². The molecule has 0 aliphatic heterocycles. The van der Waals surface area contributed by atoms with Gasteiger partial charge in [-0.2, -0.15) is 0 Å². The van der Waals surface area contributed by atoms with E-state index in [0.29, 0.717) is 12.2 Å². The maximum atomic E-state index is 11.8. The zero-order valence-electron chi connectivity index (χ0n) is 12.4. The van der Waals surface area contributed by atoms with Gasteiger partial charge in [0.05, 0.1) is 6.54 Å². The Balaban J connectivity index is 1.79. The number of carbonyl (C=O) groups excluding carboxylic acids is 2. The number of benzene rings is 2. The average Bonchev–Trinajstić information content (AvgIpc) is 2.52. The van der Waals surface area contributed by atoms with Crippen LogP contribution in [0.1, 0.15) is 12.5 Å². The molecule has 0 fully saturated rings. The number of carbonyl (C=O) groups is 2. The quantitative estimate of drug-likeness (QED) is 0.766. The van der Waals surface area contributed by atoms with Gasteiger partial charge in [0.15, 0.2) is 0 Å². The third-order valence-electron chi connectivity index (χ3n) is 2.97. The molecule has 0 bridgehead atoms. The molecule has 0 aliphatic rings. The first-order valence-electron chi connectivity index (χ1n) is 7.05. The summed E-state index contributed by atoms with van der Waals surface area (Å²) in [5, 5.41) is 8.58. The number of amides is 2. The van der Waals surface area contributed by atoms with Crippen molar-refractivity contribution < 1.29 is 9.59 Å². The van der Waals surface area contributed by atoms with E-state index in [2.05, 4.69) is 16.0 Å². The third-order valence-corrected chi connectivity index (χ3v) is 2.97. The van der Waals surface area contributed by atoms with Gasteiger partial charge in [-0.15, -0.1) is 0 Å². The Morgan fingerprint density at radius 1 is 0.955 bits per heavy atom. The van der Waals surface area contributed by atoms with Crippen LogP contribution in [0.3, 0.4) is 0 Å². The molecule has 2 amide bonds. The summed E-state index contributed by atoms with van der Waals surface area (Å²) in [6.07, 6.45) is 0. The van der Waals surface area contributed by atoms with E-state index in [9.17, 15) is 9.59 Å². The van der Waals surface area contributed by atoms with Crippen LogP contribution in [0.4, 0.5) is 11.4 Å². The second-order valence-electron chi connectivity index (χ2n) is 4.88. The van der Waals surface area contributed by atoms with Crippen LogP contribution in [0.15, 0.2) is 54.6 Å². The lowest BCUT2D eigenvalue weighted by Gasteiger charge is -2.09. The molecule has 2 aromatic rings. The minimum absolute atomic E-state index is 0.0891. The molecular formula is C17H19N3O2. The molecule has 0 radical (unpaired) electrons. The summed E-state index contributed by atoms with van der Waals surface area (Å²) < 4.78 is 0. The van der Waals surface area contributed by atoms with E-state index in [0.717, 1.165) is 11.3 Å². The standard InChI is InChI=1S/C17H19N3O2/c1-13(21)20-16-9-5-8-15(10-16)18-12-17(22)19-11-14-6-3-2-4-7-14/h2-10,18H,11-12H2,1H3,(H,19,22)(H,20,21). The largest absolute Gasteiger partial charge is 0.376 e. The highest BCUT2D eigenvalue weighted by Gasteiger charge is 2.02. The molecule has 2 rings (SSSR count). The number of rotatable bonds is 6. The Labute approximate surface area is 129 Å². The molecule has 22 heavy (non-hydrogen) atoms. The van der Waals surface area contributed by atoms with Crippen LogP contribution in [0.2, 0.25) is 0 Å². The molecule has 0 unspecified atom stereocenters. The maximum absolute atomic E-state index is 11.8. The smallest absolute Gasteiger partial charge is 0.239 e. The molecule has 0 aliphatic carbocycles. The first-order chi connectivity index (χ1) is 10.6. The third kappa shape index (κ3) is 5.28. The van der Waals surface area contributed by atoms with Crippen LogP contribution < -0.4 is 16.0 Å². The highest BCUT2D eigenvalue weighted by Crippen LogP contribution is 2.14. The second kappa shape index (κ2) is 7.83.